The molecule has 0 bridgehead atoms. The van der Waals surface area contributed by atoms with Gasteiger partial charge in [0.1, 0.15) is 0 Å². The number of hydrogen-bond donors (Lipinski definition) is 1. The van der Waals surface area contributed by atoms with Crippen LogP contribution in [0.15, 0.2) is 48.5 Å². The van der Waals surface area contributed by atoms with E-state index in [2.05, 4.69) is 37.5 Å². The van der Waals surface area contributed by atoms with E-state index in [1.165, 1.54) is 0 Å². The Morgan fingerprint density at radius 3 is 1.44 bits per heavy atom. The molecule has 1 N–H and O–H groups in total. The van der Waals surface area contributed by atoms with Gasteiger partial charge in [-0.25, -0.2) is 0 Å². The summed E-state index contributed by atoms with van der Waals surface area (Å²) in [5.74, 6) is 0. The second-order valence-electron chi connectivity index (χ2n) is 5.96. The first-order valence-electron chi connectivity index (χ1n) is 9.01. The number of rotatable bonds is 8. The van der Waals surface area contributed by atoms with Crippen molar-refractivity contribution in [3.05, 3.63) is 48.5 Å². The summed E-state index contributed by atoms with van der Waals surface area (Å²) in [6.07, 6.45) is 0. The van der Waals surface area contributed by atoms with E-state index in [1.54, 1.807) is 12.1 Å². The third kappa shape index (κ3) is 4.26. The van der Waals surface area contributed by atoms with Crippen LogP contribution in [0.3, 0.4) is 0 Å². The highest BCUT2D eigenvalue weighted by Crippen LogP contribution is 2.39. The average molecular weight is 360 g/mol. The van der Waals surface area contributed by atoms with Crippen molar-refractivity contribution in [1.29, 1.82) is 0 Å². The molecule has 25 heavy (non-hydrogen) atoms. The molecule has 0 aromatic heterocycles. The number of nitrogens with zero attached hydrogens (tertiary/aromatic N) is 2. The largest absolute Gasteiger partial charge is 0.372 e. The lowest BCUT2D eigenvalue weighted by molar-refractivity contribution is 0.501. The van der Waals surface area contributed by atoms with Crippen LogP contribution in [-0.4, -0.2) is 31.1 Å². The number of benzene rings is 2. The van der Waals surface area contributed by atoms with E-state index < -0.39 is 7.37 Å². The summed E-state index contributed by atoms with van der Waals surface area (Å²) in [7, 11) is -3.63. The van der Waals surface area contributed by atoms with Crippen LogP contribution in [0.1, 0.15) is 27.7 Å². The molecule has 0 atom stereocenters. The molecular formula is C20H29N2O2P. The second kappa shape index (κ2) is 8.55. The molecule has 2 rings (SSSR count). The van der Waals surface area contributed by atoms with Crippen molar-refractivity contribution < 1.29 is 9.46 Å². The van der Waals surface area contributed by atoms with Gasteiger partial charge in [-0.2, -0.15) is 0 Å². The molecule has 0 heterocycles. The summed E-state index contributed by atoms with van der Waals surface area (Å²) in [6, 6.07) is 14.9. The fourth-order valence-corrected chi connectivity index (χ4v) is 4.57. The van der Waals surface area contributed by atoms with Gasteiger partial charge in [0.15, 0.2) is 0 Å². The van der Waals surface area contributed by atoms with Gasteiger partial charge in [-0.15, -0.1) is 0 Å². The minimum Gasteiger partial charge on any atom is -0.372 e. The minimum atomic E-state index is -3.63. The third-order valence-electron chi connectivity index (χ3n) is 4.62. The Labute approximate surface area is 151 Å². The van der Waals surface area contributed by atoms with E-state index in [4.69, 9.17) is 0 Å². The molecule has 0 fully saturated rings. The van der Waals surface area contributed by atoms with Crippen LogP contribution in [0.2, 0.25) is 0 Å². The normalized spacial score (nSPS) is 11.4. The highest BCUT2D eigenvalue weighted by atomic mass is 31.2. The lowest BCUT2D eigenvalue weighted by Crippen LogP contribution is -2.25. The molecule has 0 saturated carbocycles. The van der Waals surface area contributed by atoms with Crippen LogP contribution in [0.25, 0.3) is 0 Å². The van der Waals surface area contributed by atoms with Gasteiger partial charge in [0, 0.05) is 48.2 Å². The summed E-state index contributed by atoms with van der Waals surface area (Å²) in [5, 5.41) is 0.960. The molecule has 2 aromatic carbocycles. The predicted molar refractivity (Wildman–Crippen MR) is 109 cm³/mol. The second-order valence-corrected chi connectivity index (χ2v) is 8.15. The maximum absolute atomic E-state index is 13.2. The molecular weight excluding hydrogens is 331 g/mol. The van der Waals surface area contributed by atoms with Crippen molar-refractivity contribution in [3.8, 4) is 0 Å². The molecule has 136 valence electrons. The van der Waals surface area contributed by atoms with Crippen LogP contribution in [0, 0.1) is 0 Å². The highest BCUT2D eigenvalue weighted by Gasteiger charge is 2.25. The van der Waals surface area contributed by atoms with Crippen molar-refractivity contribution in [2.24, 2.45) is 0 Å². The fraction of sp³-hybridized carbons (Fsp3) is 0.400. The Kier molecular flexibility index (Phi) is 6.69. The predicted octanol–water partition coefficient (Wildman–Crippen LogP) is 3.60. The SMILES string of the molecule is CCN(CC)c1cccc(P(=O)(O)c2cccc(N(CC)CC)c2)c1. The van der Waals surface area contributed by atoms with Crippen LogP contribution in [-0.2, 0) is 4.57 Å². The lowest BCUT2D eigenvalue weighted by Gasteiger charge is -2.24. The first kappa shape index (κ1) is 19.6. The molecule has 0 unspecified atom stereocenters. The van der Waals surface area contributed by atoms with E-state index in [1.807, 2.05) is 36.4 Å². The molecule has 5 heteroatoms. The monoisotopic (exact) mass is 360 g/mol. The molecule has 0 aliphatic heterocycles. The smallest absolute Gasteiger partial charge is 0.258 e. The number of hydrogen-bond acceptors (Lipinski definition) is 3. The summed E-state index contributed by atoms with van der Waals surface area (Å²) >= 11 is 0. The van der Waals surface area contributed by atoms with E-state index >= 15 is 0 Å². The summed E-state index contributed by atoms with van der Waals surface area (Å²) in [6.45, 7) is 11.8. The first-order valence-corrected chi connectivity index (χ1v) is 10.7. The summed E-state index contributed by atoms with van der Waals surface area (Å²) < 4.78 is 13.2. The molecule has 4 nitrogen and oxygen atoms in total. The summed E-state index contributed by atoms with van der Waals surface area (Å²) in [4.78, 5) is 15.2. The summed E-state index contributed by atoms with van der Waals surface area (Å²) in [5.41, 5.74) is 1.97. The Morgan fingerprint density at radius 1 is 0.760 bits per heavy atom. The van der Waals surface area contributed by atoms with E-state index in [-0.39, 0.29) is 0 Å². The van der Waals surface area contributed by atoms with Crippen molar-refractivity contribution >= 4 is 29.4 Å². The van der Waals surface area contributed by atoms with Crippen LogP contribution in [0.4, 0.5) is 11.4 Å². The van der Waals surface area contributed by atoms with Crippen LogP contribution in [0.5, 0.6) is 0 Å². The molecule has 0 radical (unpaired) electrons. The molecule has 2 aromatic rings. The quantitative estimate of drug-likeness (QED) is 0.731. The van der Waals surface area contributed by atoms with Gasteiger partial charge in [0.2, 0.25) is 0 Å². The van der Waals surface area contributed by atoms with E-state index in [9.17, 15) is 9.46 Å². The fourth-order valence-electron chi connectivity index (χ4n) is 3.08. The Balaban J connectivity index is 2.44. The standard InChI is InChI=1S/C20H29N2O2P/c1-5-21(6-2)17-11-9-13-19(15-17)25(23,24)20-14-10-12-18(16-20)22(7-3)8-4/h9-16H,5-8H2,1-4H3,(H,23,24). The van der Waals surface area contributed by atoms with Crippen molar-refractivity contribution in [1.82, 2.24) is 0 Å². The highest BCUT2D eigenvalue weighted by molar-refractivity contribution is 7.73. The minimum absolute atomic E-state index is 0.480. The maximum Gasteiger partial charge on any atom is 0.258 e. The molecule has 0 aliphatic rings. The lowest BCUT2D eigenvalue weighted by atomic mass is 10.3. The van der Waals surface area contributed by atoms with Gasteiger partial charge in [-0.05, 0) is 64.1 Å². The van der Waals surface area contributed by atoms with E-state index in [0.717, 1.165) is 37.6 Å². The van der Waals surface area contributed by atoms with Crippen LogP contribution < -0.4 is 20.4 Å². The molecule has 0 saturated heterocycles. The van der Waals surface area contributed by atoms with E-state index in [0.29, 0.717) is 10.6 Å². The topological polar surface area (TPSA) is 43.8 Å². The van der Waals surface area contributed by atoms with Crippen LogP contribution >= 0.6 is 7.37 Å². The Hall–Kier alpha value is -1.77. The van der Waals surface area contributed by atoms with Gasteiger partial charge >= 0.3 is 0 Å². The molecule has 0 aliphatic carbocycles. The van der Waals surface area contributed by atoms with Gasteiger partial charge in [0.05, 0.1) is 0 Å². The molecule has 0 amide bonds. The third-order valence-corrected chi connectivity index (χ3v) is 6.57. The molecule has 0 spiro atoms. The van der Waals surface area contributed by atoms with Gasteiger partial charge in [0.25, 0.3) is 7.37 Å². The van der Waals surface area contributed by atoms with Crippen molar-refractivity contribution in [3.63, 3.8) is 0 Å². The van der Waals surface area contributed by atoms with Gasteiger partial charge < -0.3 is 14.7 Å². The Bertz CT molecular complexity index is 680. The number of anilines is 2. The van der Waals surface area contributed by atoms with Gasteiger partial charge in [-0.3, -0.25) is 4.57 Å². The first-order chi connectivity index (χ1) is 12.0. The zero-order chi connectivity index (χ0) is 18.4. The Morgan fingerprint density at radius 2 is 1.12 bits per heavy atom. The van der Waals surface area contributed by atoms with Gasteiger partial charge in [-0.1, -0.05) is 12.1 Å². The average Bonchev–Trinajstić information content (AvgIpc) is 2.64. The zero-order valence-electron chi connectivity index (χ0n) is 15.6. The maximum atomic E-state index is 13.2. The van der Waals surface area contributed by atoms with Crippen molar-refractivity contribution in [2.45, 2.75) is 27.7 Å². The van der Waals surface area contributed by atoms with Crippen molar-refractivity contribution in [2.75, 3.05) is 36.0 Å². The zero-order valence-corrected chi connectivity index (χ0v) is 16.5.